The van der Waals surface area contributed by atoms with Crippen molar-refractivity contribution < 1.29 is 31.8 Å². The molecule has 2 aliphatic heterocycles. The average molecular weight is 658 g/mol. The standard InChI is InChI=1S/C33H32ClF4N5O3/c1-31(24-7-6-22(34)15-25(24)35)45-27-5-3-4-23(28(27)46-31)19-8-12-43(13-9-19)18-26-20(16-32(44-2)10-11-32)14-21(17-39-26)29-40-30(42-41-29)33(36,37)38/h3-7,14-15,17,19H,8-13,16,18H2,1-2H3,(H,40,41,42)/t31-/m1/s1. The maximum absolute atomic E-state index is 14.8. The predicted molar refractivity (Wildman–Crippen MR) is 161 cm³/mol. The lowest BCUT2D eigenvalue weighted by Crippen LogP contribution is -2.34. The zero-order chi connectivity index (χ0) is 32.3. The van der Waals surface area contributed by atoms with Gasteiger partial charge >= 0.3 is 6.18 Å². The van der Waals surface area contributed by atoms with E-state index < -0.39 is 23.6 Å². The fourth-order valence-corrected chi connectivity index (χ4v) is 6.62. The van der Waals surface area contributed by atoms with Crippen molar-refractivity contribution in [2.24, 2.45) is 0 Å². The Kier molecular flexibility index (Phi) is 7.72. The molecule has 2 aromatic heterocycles. The number of likely N-dealkylation sites (tertiary alicyclic amines) is 1. The van der Waals surface area contributed by atoms with Crippen LogP contribution in [0.5, 0.6) is 11.5 Å². The van der Waals surface area contributed by atoms with Crippen LogP contribution in [0.2, 0.25) is 5.02 Å². The average Bonchev–Trinajstić information content (AvgIpc) is 3.42. The highest BCUT2D eigenvalue weighted by molar-refractivity contribution is 6.30. The molecular weight excluding hydrogens is 626 g/mol. The molecular formula is C33H32ClF4N5O3. The van der Waals surface area contributed by atoms with Gasteiger partial charge in [0.05, 0.1) is 16.9 Å². The lowest BCUT2D eigenvalue weighted by molar-refractivity contribution is -0.144. The normalized spacial score (nSPS) is 21.1. The molecule has 0 spiro atoms. The van der Waals surface area contributed by atoms with Crippen LogP contribution in [0, 0.1) is 5.82 Å². The van der Waals surface area contributed by atoms with Crippen LogP contribution in [0.4, 0.5) is 17.6 Å². The zero-order valence-corrected chi connectivity index (χ0v) is 26.0. The van der Waals surface area contributed by atoms with E-state index in [1.165, 1.54) is 12.3 Å². The summed E-state index contributed by atoms with van der Waals surface area (Å²) in [4.78, 5) is 10.7. The second kappa shape index (κ2) is 11.5. The molecule has 4 heterocycles. The van der Waals surface area contributed by atoms with Gasteiger partial charge in [-0.25, -0.2) is 9.37 Å². The molecule has 13 heteroatoms. The van der Waals surface area contributed by atoms with Crippen molar-refractivity contribution in [1.29, 1.82) is 0 Å². The van der Waals surface area contributed by atoms with Gasteiger partial charge in [-0.1, -0.05) is 23.7 Å². The number of hydrogen-bond donors (Lipinski definition) is 1. The van der Waals surface area contributed by atoms with Gasteiger partial charge in [-0.15, -0.1) is 0 Å². The first kappa shape index (κ1) is 30.9. The number of benzene rings is 2. The van der Waals surface area contributed by atoms with E-state index in [1.54, 1.807) is 26.2 Å². The Morgan fingerprint density at radius 2 is 1.89 bits per heavy atom. The Morgan fingerprint density at radius 3 is 2.57 bits per heavy atom. The Balaban J connectivity index is 1.06. The molecule has 1 saturated carbocycles. The van der Waals surface area contributed by atoms with Crippen LogP contribution in [-0.4, -0.2) is 50.9 Å². The summed E-state index contributed by atoms with van der Waals surface area (Å²) in [5.74, 6) is -1.59. The van der Waals surface area contributed by atoms with Crippen molar-refractivity contribution in [3.8, 4) is 22.9 Å². The molecule has 1 N–H and O–H groups in total. The number of nitrogens with zero attached hydrogens (tertiary/aromatic N) is 4. The fraction of sp³-hybridized carbons (Fsp3) is 0.424. The summed E-state index contributed by atoms with van der Waals surface area (Å²) in [6, 6.07) is 12.1. The third-order valence-corrected chi connectivity index (χ3v) is 9.49. The van der Waals surface area contributed by atoms with Crippen molar-refractivity contribution in [2.75, 3.05) is 20.2 Å². The van der Waals surface area contributed by atoms with E-state index >= 15 is 0 Å². The van der Waals surface area contributed by atoms with Crippen LogP contribution < -0.4 is 9.47 Å². The molecule has 8 nitrogen and oxygen atoms in total. The molecule has 3 aliphatic rings. The molecule has 2 fully saturated rings. The number of pyridine rings is 1. The van der Waals surface area contributed by atoms with Crippen molar-refractivity contribution in [2.45, 2.75) is 69.1 Å². The quantitative estimate of drug-likeness (QED) is 0.197. The Hall–Kier alpha value is -3.74. The molecule has 0 bridgehead atoms. The van der Waals surface area contributed by atoms with Crippen molar-refractivity contribution >= 4 is 11.6 Å². The highest BCUT2D eigenvalue weighted by Gasteiger charge is 2.44. The molecule has 1 aliphatic carbocycles. The minimum atomic E-state index is -4.62. The van der Waals surface area contributed by atoms with Gasteiger partial charge < -0.3 is 14.2 Å². The number of fused-ring (bicyclic) bond motifs is 1. The molecule has 7 rings (SSSR count). The Morgan fingerprint density at radius 1 is 1.11 bits per heavy atom. The van der Waals surface area contributed by atoms with E-state index in [2.05, 4.69) is 15.0 Å². The van der Waals surface area contributed by atoms with Gasteiger partial charge in [0.2, 0.25) is 5.82 Å². The summed E-state index contributed by atoms with van der Waals surface area (Å²) >= 11 is 5.97. The van der Waals surface area contributed by atoms with Crippen LogP contribution in [-0.2, 0) is 29.7 Å². The van der Waals surface area contributed by atoms with Gasteiger partial charge in [-0.05, 0) is 80.6 Å². The van der Waals surface area contributed by atoms with Crippen LogP contribution in [0.1, 0.15) is 66.7 Å². The summed E-state index contributed by atoms with van der Waals surface area (Å²) in [6.07, 6.45) is 1.06. The number of methoxy groups -OCH3 is 1. The van der Waals surface area contributed by atoms with E-state index in [4.69, 9.17) is 30.8 Å². The summed E-state index contributed by atoms with van der Waals surface area (Å²) in [6.45, 7) is 3.89. The fourth-order valence-electron chi connectivity index (χ4n) is 6.46. The minimum absolute atomic E-state index is 0.0489. The Labute approximate surface area is 268 Å². The maximum Gasteiger partial charge on any atom is 0.451 e. The van der Waals surface area contributed by atoms with E-state index in [-0.39, 0.29) is 22.9 Å². The molecule has 0 unspecified atom stereocenters. The highest BCUT2D eigenvalue weighted by Crippen LogP contribution is 2.50. The monoisotopic (exact) mass is 657 g/mol. The highest BCUT2D eigenvalue weighted by atomic mass is 35.5. The molecule has 1 saturated heterocycles. The van der Waals surface area contributed by atoms with Crippen LogP contribution >= 0.6 is 11.6 Å². The van der Waals surface area contributed by atoms with Gasteiger partial charge in [0.25, 0.3) is 5.79 Å². The molecule has 2 aromatic carbocycles. The number of nitrogens with one attached hydrogen (secondary N) is 1. The van der Waals surface area contributed by atoms with Gasteiger partial charge in [-0.3, -0.25) is 15.0 Å². The van der Waals surface area contributed by atoms with E-state index in [0.717, 1.165) is 55.6 Å². The lowest BCUT2D eigenvalue weighted by Gasteiger charge is -2.33. The number of piperidine rings is 1. The third kappa shape index (κ3) is 5.93. The largest absolute Gasteiger partial charge is 0.451 e. The van der Waals surface area contributed by atoms with Crippen molar-refractivity contribution in [3.05, 3.63) is 87.7 Å². The number of para-hydroxylation sites is 1. The number of rotatable bonds is 8. The predicted octanol–water partition coefficient (Wildman–Crippen LogP) is 7.42. The number of alkyl halides is 3. The lowest BCUT2D eigenvalue weighted by atomic mass is 9.88. The molecule has 242 valence electrons. The van der Waals surface area contributed by atoms with Crippen LogP contribution in [0.15, 0.2) is 48.7 Å². The summed E-state index contributed by atoms with van der Waals surface area (Å²) < 4.78 is 72.5. The number of hydrogen-bond acceptors (Lipinski definition) is 7. The second-order valence-corrected chi connectivity index (χ2v) is 12.8. The molecule has 0 radical (unpaired) electrons. The summed E-state index contributed by atoms with van der Waals surface area (Å²) in [5.41, 5.74) is 3.21. The van der Waals surface area contributed by atoms with Gasteiger partial charge in [0.15, 0.2) is 17.3 Å². The third-order valence-electron chi connectivity index (χ3n) is 9.26. The minimum Gasteiger partial charge on any atom is -0.444 e. The first-order chi connectivity index (χ1) is 22.0. The number of aromatic amines is 1. The molecule has 4 aromatic rings. The first-order valence-corrected chi connectivity index (χ1v) is 15.5. The number of aromatic nitrogens is 4. The van der Waals surface area contributed by atoms with E-state index in [0.29, 0.717) is 35.1 Å². The SMILES string of the molecule is COC1(Cc2cc(-c3n[nH]c(C(F)(F)F)n3)cnc2CN2CCC(c3cccc4c3O[C@](C)(c3ccc(Cl)cc3F)O4)CC2)CC1. The van der Waals surface area contributed by atoms with Crippen LogP contribution in [0.3, 0.4) is 0 Å². The second-order valence-electron chi connectivity index (χ2n) is 12.4. The number of ether oxygens (including phenoxy) is 3. The zero-order valence-electron chi connectivity index (χ0n) is 25.3. The van der Waals surface area contributed by atoms with Crippen molar-refractivity contribution in [3.63, 3.8) is 0 Å². The molecule has 46 heavy (non-hydrogen) atoms. The number of halogens is 5. The number of H-pyrrole nitrogens is 1. The Bertz CT molecular complexity index is 1770. The topological polar surface area (TPSA) is 85.4 Å². The van der Waals surface area contributed by atoms with Gasteiger partial charge in [-0.2, -0.15) is 18.3 Å². The van der Waals surface area contributed by atoms with Crippen molar-refractivity contribution in [1.82, 2.24) is 25.1 Å². The molecule has 0 amide bonds. The molecule has 1 atom stereocenters. The smallest absolute Gasteiger partial charge is 0.444 e. The van der Waals surface area contributed by atoms with Crippen LogP contribution in [0.25, 0.3) is 11.4 Å². The van der Waals surface area contributed by atoms with E-state index in [9.17, 15) is 17.6 Å². The summed E-state index contributed by atoms with van der Waals surface area (Å²) in [7, 11) is 1.68. The first-order valence-electron chi connectivity index (χ1n) is 15.2. The van der Waals surface area contributed by atoms with Gasteiger partial charge in [0.1, 0.15) is 5.82 Å². The van der Waals surface area contributed by atoms with E-state index in [1.807, 2.05) is 29.4 Å². The summed E-state index contributed by atoms with van der Waals surface area (Å²) in [5, 5.41) is 6.06. The van der Waals surface area contributed by atoms with Gasteiger partial charge in [0, 0.05) is 49.3 Å². The maximum atomic E-state index is 14.8.